The molecule has 0 fully saturated rings. The Morgan fingerprint density at radius 1 is 0.571 bits per heavy atom. The molecule has 0 aliphatic rings. The minimum Gasteiger partial charge on any atom is -0.489 e. The van der Waals surface area contributed by atoms with Gasteiger partial charge >= 0.3 is 0 Å². The van der Waals surface area contributed by atoms with Crippen LogP contribution in [0.2, 0.25) is 0 Å². The van der Waals surface area contributed by atoms with Crippen molar-refractivity contribution in [2.75, 3.05) is 0 Å². The summed E-state index contributed by atoms with van der Waals surface area (Å²) >= 11 is 0. The number of hydrogen-bond donors (Lipinski definition) is 4. The third-order valence-corrected chi connectivity index (χ3v) is 5.33. The molecule has 0 bridgehead atoms. The molecule has 35 heavy (non-hydrogen) atoms. The minimum absolute atomic E-state index is 0. The summed E-state index contributed by atoms with van der Waals surface area (Å²) in [7, 11) is 0. The van der Waals surface area contributed by atoms with Crippen LogP contribution in [0.4, 0.5) is 0 Å². The number of rotatable bonds is 9. The van der Waals surface area contributed by atoms with Crippen LogP contribution in [0.25, 0.3) is 11.1 Å². The van der Waals surface area contributed by atoms with Gasteiger partial charge in [0.25, 0.3) is 0 Å². The van der Waals surface area contributed by atoms with E-state index in [9.17, 15) is 0 Å². The van der Waals surface area contributed by atoms with Gasteiger partial charge in [-0.1, -0.05) is 36.4 Å². The molecule has 0 aromatic heterocycles. The predicted molar refractivity (Wildman–Crippen MR) is 143 cm³/mol. The van der Waals surface area contributed by atoms with Crippen molar-refractivity contribution >= 4 is 24.1 Å². The molecule has 7 heteroatoms. The van der Waals surface area contributed by atoms with Gasteiger partial charge in [-0.05, 0) is 82.9 Å². The fourth-order valence-corrected chi connectivity index (χ4v) is 3.48. The van der Waals surface area contributed by atoms with E-state index in [0.29, 0.717) is 24.3 Å². The topological polar surface area (TPSA) is 118 Å². The molecule has 178 valence electrons. The molecule has 0 saturated carbocycles. The molecule has 6 N–H and O–H groups in total. The monoisotopic (exact) mass is 486 g/mol. The first-order valence-corrected chi connectivity index (χ1v) is 10.8. The number of halogens is 1. The van der Waals surface area contributed by atoms with Crippen molar-refractivity contribution in [1.29, 1.82) is 10.8 Å². The first kappa shape index (κ1) is 25.3. The van der Waals surface area contributed by atoms with Crippen molar-refractivity contribution < 1.29 is 9.47 Å². The largest absolute Gasteiger partial charge is 0.489 e. The Morgan fingerprint density at radius 3 is 1.29 bits per heavy atom. The average molecular weight is 487 g/mol. The van der Waals surface area contributed by atoms with E-state index in [1.807, 2.05) is 48.5 Å². The molecule has 0 saturated heterocycles. The fraction of sp³-hybridized carbons (Fsp3) is 0.0714. The molecule has 4 rings (SSSR count). The average Bonchev–Trinajstić information content (AvgIpc) is 2.87. The highest BCUT2D eigenvalue weighted by molar-refractivity contribution is 5.95. The van der Waals surface area contributed by atoms with Gasteiger partial charge in [0.2, 0.25) is 0 Å². The Labute approximate surface area is 210 Å². The highest BCUT2D eigenvalue weighted by Gasteiger charge is 2.04. The van der Waals surface area contributed by atoms with Crippen molar-refractivity contribution in [2.24, 2.45) is 11.5 Å². The Bertz CT molecular complexity index is 1200. The molecule has 0 unspecified atom stereocenters. The Morgan fingerprint density at radius 2 is 0.943 bits per heavy atom. The number of nitrogens with one attached hydrogen (secondary N) is 2. The second-order valence-electron chi connectivity index (χ2n) is 7.85. The number of benzene rings is 4. The SMILES string of the molecule is Cl.N=C(N)c1ccc(OCc2cccc(-c3cccc(COc4ccc(C(=N)N)cc4)c3)c2)cc1. The molecule has 0 spiro atoms. The lowest BCUT2D eigenvalue weighted by Crippen LogP contribution is -2.10. The van der Waals surface area contributed by atoms with E-state index in [2.05, 4.69) is 24.3 Å². The second-order valence-corrected chi connectivity index (χ2v) is 7.85. The first-order chi connectivity index (χ1) is 16.5. The van der Waals surface area contributed by atoms with Crippen LogP contribution in [0.15, 0.2) is 97.1 Å². The van der Waals surface area contributed by atoms with E-state index in [4.69, 9.17) is 31.8 Å². The molecule has 0 radical (unpaired) electrons. The molecule has 0 heterocycles. The number of amidine groups is 2. The zero-order valence-electron chi connectivity index (χ0n) is 19.0. The number of nitrogens with two attached hydrogens (primary N) is 2. The van der Waals surface area contributed by atoms with Crippen molar-refractivity contribution in [3.05, 3.63) is 119 Å². The fourth-order valence-electron chi connectivity index (χ4n) is 3.48. The Kier molecular flexibility index (Phi) is 8.48. The third kappa shape index (κ3) is 6.85. The smallest absolute Gasteiger partial charge is 0.122 e. The number of nitrogen functional groups attached to an aromatic ring is 2. The van der Waals surface area contributed by atoms with Gasteiger partial charge in [-0.15, -0.1) is 12.4 Å². The molecule has 6 nitrogen and oxygen atoms in total. The van der Waals surface area contributed by atoms with Crippen LogP contribution in [0.3, 0.4) is 0 Å². The molecule has 0 amide bonds. The van der Waals surface area contributed by atoms with E-state index in [0.717, 1.165) is 33.8 Å². The quantitative estimate of drug-likeness (QED) is 0.184. The maximum Gasteiger partial charge on any atom is 0.122 e. The van der Waals surface area contributed by atoms with Crippen LogP contribution in [0.5, 0.6) is 11.5 Å². The maximum atomic E-state index is 7.47. The Balaban J connectivity index is 0.00000342. The minimum atomic E-state index is 0. The lowest BCUT2D eigenvalue weighted by atomic mass is 10.0. The number of hydrogen-bond acceptors (Lipinski definition) is 4. The van der Waals surface area contributed by atoms with Crippen molar-refractivity contribution in [2.45, 2.75) is 13.2 Å². The predicted octanol–water partition coefficient (Wildman–Crippen LogP) is 5.50. The van der Waals surface area contributed by atoms with Gasteiger partial charge in [0.05, 0.1) is 0 Å². The van der Waals surface area contributed by atoms with E-state index in [1.165, 1.54) is 0 Å². The van der Waals surface area contributed by atoms with Crippen LogP contribution >= 0.6 is 12.4 Å². The third-order valence-electron chi connectivity index (χ3n) is 5.33. The molecule has 0 aliphatic carbocycles. The summed E-state index contributed by atoms with van der Waals surface area (Å²) in [5.41, 5.74) is 16.6. The lowest BCUT2D eigenvalue weighted by Gasteiger charge is -2.11. The van der Waals surface area contributed by atoms with Gasteiger partial charge in [0.15, 0.2) is 0 Å². The summed E-state index contributed by atoms with van der Waals surface area (Å²) in [6.45, 7) is 0.874. The van der Waals surface area contributed by atoms with Crippen molar-refractivity contribution in [3.8, 4) is 22.6 Å². The summed E-state index contributed by atoms with van der Waals surface area (Å²) < 4.78 is 11.8. The molecule has 0 aliphatic heterocycles. The summed E-state index contributed by atoms with van der Waals surface area (Å²) in [5.74, 6) is 1.53. The highest BCUT2D eigenvalue weighted by Crippen LogP contribution is 2.24. The normalized spacial score (nSPS) is 10.2. The van der Waals surface area contributed by atoms with E-state index in [1.54, 1.807) is 24.3 Å². The zero-order chi connectivity index (χ0) is 23.9. The van der Waals surface area contributed by atoms with Gasteiger partial charge in [-0.2, -0.15) is 0 Å². The Hall–Kier alpha value is -4.29. The van der Waals surface area contributed by atoms with Gasteiger partial charge in [0.1, 0.15) is 36.4 Å². The standard InChI is InChI=1S/C28H26N4O2.ClH/c29-27(30)21-7-11-25(12-8-21)33-17-19-3-1-5-23(15-19)24-6-2-4-20(16-24)18-34-26-13-9-22(10-14-26)28(31)32;/h1-16H,17-18H2,(H3,29,30)(H3,31,32);1H. The van der Waals surface area contributed by atoms with Crippen LogP contribution in [0.1, 0.15) is 22.3 Å². The van der Waals surface area contributed by atoms with Gasteiger partial charge in [-0.25, -0.2) is 0 Å². The van der Waals surface area contributed by atoms with Crippen molar-refractivity contribution in [1.82, 2.24) is 0 Å². The van der Waals surface area contributed by atoms with E-state index in [-0.39, 0.29) is 24.1 Å². The summed E-state index contributed by atoms with van der Waals surface area (Å²) in [6.07, 6.45) is 0. The van der Waals surface area contributed by atoms with E-state index < -0.39 is 0 Å². The van der Waals surface area contributed by atoms with Gasteiger partial charge in [0, 0.05) is 11.1 Å². The van der Waals surface area contributed by atoms with Crippen LogP contribution in [-0.2, 0) is 13.2 Å². The highest BCUT2D eigenvalue weighted by atomic mass is 35.5. The molecule has 4 aromatic rings. The van der Waals surface area contributed by atoms with Crippen molar-refractivity contribution in [3.63, 3.8) is 0 Å². The maximum absolute atomic E-state index is 7.47. The molecule has 0 atom stereocenters. The summed E-state index contributed by atoms with van der Waals surface area (Å²) in [5, 5.41) is 14.9. The molecule has 4 aromatic carbocycles. The van der Waals surface area contributed by atoms with Gasteiger partial charge < -0.3 is 20.9 Å². The lowest BCUT2D eigenvalue weighted by molar-refractivity contribution is 0.306. The van der Waals surface area contributed by atoms with E-state index >= 15 is 0 Å². The summed E-state index contributed by atoms with van der Waals surface area (Å²) in [4.78, 5) is 0. The van der Waals surface area contributed by atoms with Crippen LogP contribution < -0.4 is 20.9 Å². The zero-order valence-corrected chi connectivity index (χ0v) is 19.8. The second kappa shape index (κ2) is 11.7. The number of ether oxygens (including phenoxy) is 2. The first-order valence-electron chi connectivity index (χ1n) is 10.8. The molecular weight excluding hydrogens is 460 g/mol. The molecular formula is C28H27ClN4O2. The van der Waals surface area contributed by atoms with Gasteiger partial charge in [-0.3, -0.25) is 10.8 Å². The van der Waals surface area contributed by atoms with Crippen LogP contribution in [-0.4, -0.2) is 11.7 Å². The van der Waals surface area contributed by atoms with Crippen LogP contribution in [0, 0.1) is 10.8 Å². The summed E-state index contributed by atoms with van der Waals surface area (Å²) in [6, 6.07) is 30.9.